The molecule has 0 aromatic heterocycles. The molecule has 0 heterocycles. The van der Waals surface area contributed by atoms with E-state index in [1.54, 1.807) is 0 Å². The number of carbonyl (C=O) groups excluding carboxylic acids is 2. The van der Waals surface area contributed by atoms with Gasteiger partial charge >= 0.3 is 11.9 Å². The van der Waals surface area contributed by atoms with Gasteiger partial charge in [-0.1, -0.05) is 36.1 Å². The van der Waals surface area contributed by atoms with Crippen LogP contribution >= 0.6 is 0 Å². The molecule has 24 heavy (non-hydrogen) atoms. The smallest absolute Gasteiger partial charge is 0.306 e. The Labute approximate surface area is 142 Å². The highest BCUT2D eigenvalue weighted by Gasteiger charge is 2.10. The van der Waals surface area contributed by atoms with Gasteiger partial charge in [0.05, 0.1) is 7.85 Å². The fourth-order valence-electron chi connectivity index (χ4n) is 1.79. The van der Waals surface area contributed by atoms with Gasteiger partial charge in [-0.25, -0.2) is 0 Å². The number of hydrogen-bond acceptors (Lipinski definition) is 6. The van der Waals surface area contributed by atoms with Crippen LogP contribution < -0.4 is 0 Å². The van der Waals surface area contributed by atoms with E-state index in [0.29, 0.717) is 6.32 Å². The number of benzene rings is 1. The van der Waals surface area contributed by atoms with Crippen molar-refractivity contribution < 1.29 is 32.0 Å². The standard InChI is InChI=1S/C15H19BO7S/c16-10-12-3-1-4-13(9-12)11-23-15(18)6-2-5-14(17)22-7-8-24(19,20)21/h1,3-4,9H,2,5-8,10-11H2,(H,19,20,21). The molecule has 0 aliphatic carbocycles. The Balaban J connectivity index is 2.18. The molecule has 0 aliphatic rings. The molecule has 0 atom stereocenters. The number of rotatable bonds is 10. The molecule has 7 nitrogen and oxygen atoms in total. The highest BCUT2D eigenvalue weighted by Crippen LogP contribution is 2.08. The average Bonchev–Trinajstić information content (AvgIpc) is 2.52. The Kier molecular flexibility index (Phi) is 8.49. The van der Waals surface area contributed by atoms with Crippen LogP contribution in [0.1, 0.15) is 30.4 Å². The predicted octanol–water partition coefficient (Wildman–Crippen LogP) is 1.000. The lowest BCUT2D eigenvalue weighted by molar-refractivity contribution is -0.146. The lowest BCUT2D eigenvalue weighted by Crippen LogP contribution is -2.14. The molecule has 0 fully saturated rings. The molecule has 1 rings (SSSR count). The summed E-state index contributed by atoms with van der Waals surface area (Å²) < 4.78 is 39.1. The molecule has 1 aromatic rings. The van der Waals surface area contributed by atoms with Gasteiger partial charge in [-0.05, 0) is 12.0 Å². The molecule has 0 unspecified atom stereocenters. The van der Waals surface area contributed by atoms with Crippen LogP contribution in [-0.4, -0.2) is 45.1 Å². The Morgan fingerprint density at radius 1 is 1.08 bits per heavy atom. The second-order valence-corrected chi connectivity index (χ2v) is 6.62. The maximum absolute atomic E-state index is 11.6. The van der Waals surface area contributed by atoms with Crippen LogP contribution in [0.3, 0.4) is 0 Å². The maximum atomic E-state index is 11.6. The molecule has 0 amide bonds. The van der Waals surface area contributed by atoms with Gasteiger partial charge in [0.1, 0.15) is 19.0 Å². The zero-order valence-corrected chi connectivity index (χ0v) is 14.0. The van der Waals surface area contributed by atoms with Crippen molar-refractivity contribution in [3.8, 4) is 0 Å². The number of esters is 2. The third-order valence-corrected chi connectivity index (χ3v) is 3.68. The van der Waals surface area contributed by atoms with E-state index in [9.17, 15) is 18.0 Å². The van der Waals surface area contributed by atoms with E-state index in [-0.39, 0.29) is 25.9 Å². The van der Waals surface area contributed by atoms with Crippen LogP contribution in [0.15, 0.2) is 24.3 Å². The fraction of sp³-hybridized carbons (Fsp3) is 0.467. The van der Waals surface area contributed by atoms with E-state index < -0.39 is 34.4 Å². The molecule has 130 valence electrons. The fourth-order valence-corrected chi connectivity index (χ4v) is 2.09. The largest absolute Gasteiger partial charge is 0.464 e. The SMILES string of the molecule is [B]Cc1cccc(COC(=O)CCCC(=O)OCCS(=O)(=O)O)c1. The van der Waals surface area contributed by atoms with Gasteiger partial charge in [-0.15, -0.1) is 0 Å². The molecular formula is C15H19BO7S. The second-order valence-electron chi connectivity index (χ2n) is 5.04. The predicted molar refractivity (Wildman–Crippen MR) is 86.9 cm³/mol. The van der Waals surface area contributed by atoms with E-state index in [1.807, 2.05) is 24.3 Å². The zero-order chi connectivity index (χ0) is 18.0. The van der Waals surface area contributed by atoms with Gasteiger partial charge in [0, 0.05) is 12.8 Å². The minimum absolute atomic E-state index is 0.0385. The summed E-state index contributed by atoms with van der Waals surface area (Å²) in [5.74, 6) is -1.73. The van der Waals surface area contributed by atoms with Crippen molar-refractivity contribution in [1.29, 1.82) is 0 Å². The number of ether oxygens (including phenoxy) is 2. The minimum atomic E-state index is -4.15. The summed E-state index contributed by atoms with van der Waals surface area (Å²) in [4.78, 5) is 22.9. The summed E-state index contributed by atoms with van der Waals surface area (Å²) in [6, 6.07) is 7.37. The highest BCUT2D eigenvalue weighted by atomic mass is 32.2. The maximum Gasteiger partial charge on any atom is 0.306 e. The van der Waals surface area contributed by atoms with Crippen LogP contribution in [-0.2, 0) is 42.1 Å². The molecule has 1 aromatic carbocycles. The molecule has 0 saturated carbocycles. The van der Waals surface area contributed by atoms with Crippen LogP contribution in [0.2, 0.25) is 0 Å². The van der Waals surface area contributed by atoms with Crippen molar-refractivity contribution >= 4 is 29.9 Å². The molecule has 2 radical (unpaired) electrons. The quantitative estimate of drug-likeness (QED) is 0.379. The average molecular weight is 354 g/mol. The van der Waals surface area contributed by atoms with Crippen molar-refractivity contribution in [2.75, 3.05) is 12.4 Å². The Morgan fingerprint density at radius 3 is 2.33 bits per heavy atom. The van der Waals surface area contributed by atoms with Gasteiger partial charge in [0.15, 0.2) is 0 Å². The molecule has 1 N–H and O–H groups in total. The molecular weight excluding hydrogens is 335 g/mol. The molecule has 0 aliphatic heterocycles. The molecule has 0 bridgehead atoms. The monoisotopic (exact) mass is 354 g/mol. The lowest BCUT2D eigenvalue weighted by atomic mass is 9.96. The van der Waals surface area contributed by atoms with E-state index in [1.165, 1.54) is 0 Å². The molecule has 0 spiro atoms. The van der Waals surface area contributed by atoms with Crippen LogP contribution in [0, 0.1) is 0 Å². The minimum Gasteiger partial charge on any atom is -0.464 e. The first kappa shape index (κ1) is 20.2. The van der Waals surface area contributed by atoms with Crippen molar-refractivity contribution in [2.45, 2.75) is 32.2 Å². The van der Waals surface area contributed by atoms with E-state index in [0.717, 1.165) is 11.1 Å². The van der Waals surface area contributed by atoms with Crippen LogP contribution in [0.25, 0.3) is 0 Å². The van der Waals surface area contributed by atoms with Crippen LogP contribution in [0.4, 0.5) is 0 Å². The first-order chi connectivity index (χ1) is 11.3. The first-order valence-corrected chi connectivity index (χ1v) is 8.95. The van der Waals surface area contributed by atoms with Gasteiger partial charge in [0.2, 0.25) is 0 Å². The van der Waals surface area contributed by atoms with E-state index in [2.05, 4.69) is 4.74 Å². The molecule has 0 saturated heterocycles. The Bertz CT molecular complexity index is 658. The number of hydrogen-bond donors (Lipinski definition) is 1. The Hall–Kier alpha value is -1.87. The van der Waals surface area contributed by atoms with Gasteiger partial charge in [-0.3, -0.25) is 14.1 Å². The summed E-state index contributed by atoms with van der Waals surface area (Å²) in [7, 11) is 1.38. The zero-order valence-electron chi connectivity index (χ0n) is 13.1. The second kappa shape index (κ2) is 10.1. The van der Waals surface area contributed by atoms with Gasteiger partial charge in [-0.2, -0.15) is 8.42 Å². The van der Waals surface area contributed by atoms with E-state index in [4.69, 9.17) is 17.1 Å². The highest BCUT2D eigenvalue weighted by molar-refractivity contribution is 7.85. The topological polar surface area (TPSA) is 107 Å². The first-order valence-electron chi connectivity index (χ1n) is 7.34. The number of carbonyl (C=O) groups is 2. The lowest BCUT2D eigenvalue weighted by Gasteiger charge is -2.06. The summed E-state index contributed by atoms with van der Waals surface area (Å²) in [6.07, 6.45) is 0.640. The van der Waals surface area contributed by atoms with E-state index >= 15 is 0 Å². The van der Waals surface area contributed by atoms with Crippen LogP contribution in [0.5, 0.6) is 0 Å². The van der Waals surface area contributed by atoms with Crippen molar-refractivity contribution in [2.24, 2.45) is 0 Å². The summed E-state index contributed by atoms with van der Waals surface area (Å²) >= 11 is 0. The van der Waals surface area contributed by atoms with Gasteiger partial charge < -0.3 is 9.47 Å². The third-order valence-electron chi connectivity index (χ3n) is 2.99. The summed E-state index contributed by atoms with van der Waals surface area (Å²) in [6.45, 7) is -0.287. The third kappa shape index (κ3) is 9.31. The normalized spacial score (nSPS) is 11.0. The summed E-state index contributed by atoms with van der Waals surface area (Å²) in [5, 5.41) is 0. The van der Waals surface area contributed by atoms with Crippen molar-refractivity contribution in [1.82, 2.24) is 0 Å². The Morgan fingerprint density at radius 2 is 1.71 bits per heavy atom. The van der Waals surface area contributed by atoms with Gasteiger partial charge in [0.25, 0.3) is 10.1 Å². The molecule has 9 heteroatoms. The van der Waals surface area contributed by atoms with Crippen molar-refractivity contribution in [3.63, 3.8) is 0 Å². The summed E-state index contributed by atoms with van der Waals surface area (Å²) in [5.41, 5.74) is 1.77. The van der Waals surface area contributed by atoms with Crippen molar-refractivity contribution in [3.05, 3.63) is 35.4 Å².